The molecule has 1 amide bonds. The van der Waals surface area contributed by atoms with Crippen molar-refractivity contribution in [3.63, 3.8) is 0 Å². The number of fused-ring (bicyclic) bond motifs is 1. The molecular formula is C28H29F3N4O5. The minimum atomic E-state index is -4.56. The molecule has 40 heavy (non-hydrogen) atoms. The molecule has 0 spiro atoms. The Balaban J connectivity index is 1.55. The molecule has 0 aliphatic carbocycles. The van der Waals surface area contributed by atoms with E-state index in [2.05, 4.69) is 15.4 Å². The molecule has 9 nitrogen and oxygen atoms in total. The van der Waals surface area contributed by atoms with Gasteiger partial charge in [0.1, 0.15) is 11.5 Å². The molecule has 0 saturated carbocycles. The van der Waals surface area contributed by atoms with Crippen LogP contribution >= 0.6 is 0 Å². The average molecular weight is 559 g/mol. The number of anilines is 1. The maximum Gasteiger partial charge on any atom is 0.422 e. The van der Waals surface area contributed by atoms with E-state index in [4.69, 9.17) is 18.9 Å². The molecule has 0 unspecified atom stereocenters. The van der Waals surface area contributed by atoms with Gasteiger partial charge in [0, 0.05) is 29.9 Å². The summed E-state index contributed by atoms with van der Waals surface area (Å²) < 4.78 is 61.5. The maximum absolute atomic E-state index is 13.0. The number of aromatic nitrogens is 3. The van der Waals surface area contributed by atoms with Crippen LogP contribution in [0.2, 0.25) is 0 Å². The number of hydrogen-bond donors (Lipinski definition) is 1. The molecule has 0 atom stereocenters. The fourth-order valence-electron chi connectivity index (χ4n) is 3.98. The first-order chi connectivity index (χ1) is 19.0. The molecule has 0 fully saturated rings. The van der Waals surface area contributed by atoms with Crippen molar-refractivity contribution in [3.05, 3.63) is 60.0 Å². The summed E-state index contributed by atoms with van der Waals surface area (Å²) in [6, 6.07) is 10.2. The zero-order chi connectivity index (χ0) is 29.0. The van der Waals surface area contributed by atoms with Gasteiger partial charge in [-0.05, 0) is 48.7 Å². The Labute approximate surface area is 228 Å². The molecule has 0 bridgehead atoms. The fraction of sp³-hybridized carbons (Fsp3) is 0.321. The smallest absolute Gasteiger partial charge is 0.422 e. The second-order valence-electron chi connectivity index (χ2n) is 9.43. The Morgan fingerprint density at radius 2 is 1.73 bits per heavy atom. The standard InChI is InChI=1S/C28H29F3N4O5/c1-16(2)13-35-14-25(39-15-28(29,30)31)26(34-35)27(36)33-18-6-7-21(17(3)10-18)40-22-8-9-32-20-12-24(38-5)23(37-4)11-19(20)22/h6-12,14,16H,13,15H2,1-5H3,(H,33,36). The minimum absolute atomic E-state index is 0.155. The van der Waals surface area contributed by atoms with Crippen LogP contribution < -0.4 is 24.3 Å². The van der Waals surface area contributed by atoms with Gasteiger partial charge >= 0.3 is 6.18 Å². The average Bonchev–Trinajstić information content (AvgIpc) is 3.30. The number of nitrogens with zero attached hydrogens (tertiary/aromatic N) is 3. The van der Waals surface area contributed by atoms with Gasteiger partial charge in [0.15, 0.2) is 29.5 Å². The van der Waals surface area contributed by atoms with Gasteiger partial charge in [-0.2, -0.15) is 18.3 Å². The first-order valence-electron chi connectivity index (χ1n) is 12.3. The number of hydrogen-bond acceptors (Lipinski definition) is 7. The second kappa shape index (κ2) is 11.7. The summed E-state index contributed by atoms with van der Waals surface area (Å²) in [6.07, 6.45) is -1.64. The lowest BCUT2D eigenvalue weighted by Crippen LogP contribution is -2.21. The lowest BCUT2D eigenvalue weighted by molar-refractivity contribution is -0.153. The van der Waals surface area contributed by atoms with Gasteiger partial charge in [-0.15, -0.1) is 0 Å². The van der Waals surface area contributed by atoms with Crippen molar-refractivity contribution in [2.75, 3.05) is 26.1 Å². The third-order valence-electron chi connectivity index (χ3n) is 5.75. The predicted octanol–water partition coefficient (Wildman–Crippen LogP) is 6.40. The van der Waals surface area contributed by atoms with Crippen molar-refractivity contribution < 1.29 is 36.9 Å². The van der Waals surface area contributed by atoms with E-state index in [0.29, 0.717) is 51.7 Å². The zero-order valence-electron chi connectivity index (χ0n) is 22.6. The number of pyridine rings is 1. The van der Waals surface area contributed by atoms with E-state index < -0.39 is 18.7 Å². The fourth-order valence-corrected chi connectivity index (χ4v) is 3.98. The highest BCUT2D eigenvalue weighted by Crippen LogP contribution is 2.37. The van der Waals surface area contributed by atoms with Crippen LogP contribution in [0, 0.1) is 12.8 Å². The number of aryl methyl sites for hydroxylation is 1. The van der Waals surface area contributed by atoms with E-state index in [1.165, 1.54) is 18.0 Å². The highest BCUT2D eigenvalue weighted by atomic mass is 19.4. The molecule has 4 aromatic rings. The van der Waals surface area contributed by atoms with Crippen molar-refractivity contribution in [2.24, 2.45) is 5.92 Å². The Hall–Kier alpha value is -4.48. The maximum atomic E-state index is 13.0. The van der Waals surface area contributed by atoms with Crippen LogP contribution in [-0.4, -0.2) is 47.7 Å². The third-order valence-corrected chi connectivity index (χ3v) is 5.75. The number of amides is 1. The normalized spacial score (nSPS) is 11.5. The molecule has 1 N–H and O–H groups in total. The van der Waals surface area contributed by atoms with Crippen LogP contribution in [0.4, 0.5) is 18.9 Å². The third kappa shape index (κ3) is 6.74. The molecule has 0 aliphatic rings. The summed E-state index contributed by atoms with van der Waals surface area (Å²) in [5, 5.41) is 7.55. The van der Waals surface area contributed by atoms with Gasteiger partial charge in [-0.1, -0.05) is 13.8 Å². The van der Waals surface area contributed by atoms with Gasteiger partial charge in [0.05, 0.1) is 25.9 Å². The Morgan fingerprint density at radius 1 is 1.00 bits per heavy atom. The van der Waals surface area contributed by atoms with Gasteiger partial charge in [0.25, 0.3) is 5.91 Å². The van der Waals surface area contributed by atoms with Crippen molar-refractivity contribution in [3.8, 4) is 28.7 Å². The molecule has 0 radical (unpaired) electrons. The van der Waals surface area contributed by atoms with E-state index in [1.807, 2.05) is 13.8 Å². The number of nitrogens with one attached hydrogen (secondary N) is 1. The molecule has 0 aliphatic heterocycles. The molecule has 2 heterocycles. The van der Waals surface area contributed by atoms with E-state index in [9.17, 15) is 18.0 Å². The molecule has 12 heteroatoms. The number of benzene rings is 2. The van der Waals surface area contributed by atoms with Crippen LogP contribution in [0.1, 0.15) is 29.9 Å². The number of alkyl halides is 3. The number of carbonyl (C=O) groups is 1. The lowest BCUT2D eigenvalue weighted by atomic mass is 10.1. The van der Waals surface area contributed by atoms with E-state index in [0.717, 1.165) is 0 Å². The summed E-state index contributed by atoms with van der Waals surface area (Å²) >= 11 is 0. The number of halogens is 3. The lowest BCUT2D eigenvalue weighted by Gasteiger charge is -2.14. The monoisotopic (exact) mass is 558 g/mol. The molecule has 4 rings (SSSR count). The summed E-state index contributed by atoms with van der Waals surface area (Å²) in [4.78, 5) is 17.4. The van der Waals surface area contributed by atoms with Crippen molar-refractivity contribution >= 4 is 22.5 Å². The van der Waals surface area contributed by atoms with Gasteiger partial charge in [-0.3, -0.25) is 14.5 Å². The molecule has 2 aromatic heterocycles. The minimum Gasteiger partial charge on any atom is -0.493 e. The van der Waals surface area contributed by atoms with Crippen molar-refractivity contribution in [2.45, 2.75) is 33.5 Å². The van der Waals surface area contributed by atoms with Gasteiger partial charge in [-0.25, -0.2) is 0 Å². The van der Waals surface area contributed by atoms with Crippen LogP contribution in [0.3, 0.4) is 0 Å². The highest BCUT2D eigenvalue weighted by Gasteiger charge is 2.30. The quantitative estimate of drug-likeness (QED) is 0.241. The zero-order valence-corrected chi connectivity index (χ0v) is 22.6. The Kier molecular flexibility index (Phi) is 8.36. The van der Waals surface area contributed by atoms with Gasteiger partial charge < -0.3 is 24.3 Å². The van der Waals surface area contributed by atoms with Crippen LogP contribution in [0.15, 0.2) is 48.8 Å². The summed E-state index contributed by atoms with van der Waals surface area (Å²) in [5.41, 5.74) is 1.51. The first-order valence-corrected chi connectivity index (χ1v) is 12.3. The highest BCUT2D eigenvalue weighted by molar-refractivity contribution is 6.04. The van der Waals surface area contributed by atoms with Gasteiger partial charge in [0.2, 0.25) is 0 Å². The molecular weight excluding hydrogens is 529 g/mol. The topological polar surface area (TPSA) is 96.7 Å². The van der Waals surface area contributed by atoms with E-state index >= 15 is 0 Å². The van der Waals surface area contributed by atoms with Crippen molar-refractivity contribution in [1.29, 1.82) is 0 Å². The van der Waals surface area contributed by atoms with Crippen LogP contribution in [-0.2, 0) is 6.54 Å². The number of ether oxygens (including phenoxy) is 4. The molecule has 2 aromatic carbocycles. The largest absolute Gasteiger partial charge is 0.493 e. The Morgan fingerprint density at radius 3 is 2.38 bits per heavy atom. The number of methoxy groups -OCH3 is 2. The number of rotatable bonds is 10. The summed E-state index contributed by atoms with van der Waals surface area (Å²) in [6.45, 7) is 4.52. The second-order valence-corrected chi connectivity index (χ2v) is 9.43. The SMILES string of the molecule is COc1cc2nccc(Oc3ccc(NC(=O)c4nn(CC(C)C)cc4OCC(F)(F)F)cc3C)c2cc1OC. The van der Waals surface area contributed by atoms with E-state index in [-0.39, 0.29) is 17.4 Å². The molecule has 212 valence electrons. The van der Waals surface area contributed by atoms with Crippen LogP contribution in [0.5, 0.6) is 28.7 Å². The summed E-state index contributed by atoms with van der Waals surface area (Å²) in [7, 11) is 3.08. The number of carbonyl (C=O) groups excluding carboxylic acids is 1. The molecule has 0 saturated heterocycles. The summed E-state index contributed by atoms with van der Waals surface area (Å²) in [5.74, 6) is 1.33. The Bertz CT molecular complexity index is 1520. The van der Waals surface area contributed by atoms with E-state index in [1.54, 1.807) is 56.6 Å². The predicted molar refractivity (Wildman–Crippen MR) is 143 cm³/mol. The van der Waals surface area contributed by atoms with Crippen LogP contribution in [0.25, 0.3) is 10.9 Å². The first kappa shape index (κ1) is 28.5. The van der Waals surface area contributed by atoms with Crippen molar-refractivity contribution in [1.82, 2.24) is 14.8 Å².